The largest absolute Gasteiger partial charge is 0.394 e. The Hall–Kier alpha value is -0.420. The molecule has 1 rings (SSSR count). The van der Waals surface area contributed by atoms with Crippen molar-refractivity contribution in [2.24, 2.45) is 0 Å². The minimum absolute atomic E-state index is 0.126. The summed E-state index contributed by atoms with van der Waals surface area (Å²) in [6.07, 6.45) is 0. The van der Waals surface area contributed by atoms with Crippen LogP contribution in [0.1, 0.15) is 20.8 Å². The van der Waals surface area contributed by atoms with E-state index in [1.807, 2.05) is 0 Å². The molecule has 0 aliphatic heterocycles. The average Bonchev–Trinajstić information content (AvgIpc) is 2.87. The van der Waals surface area contributed by atoms with E-state index in [9.17, 15) is 14.4 Å². The quantitative estimate of drug-likeness (QED) is 0.148. The van der Waals surface area contributed by atoms with Gasteiger partial charge in [-0.05, 0) is 67.8 Å². The average molecular weight is 891 g/mol. The van der Waals surface area contributed by atoms with Gasteiger partial charge in [0.05, 0.1) is 87.2 Å². The number of carbonyl (C=O) groups is 3. The molecule has 3 N–H and O–H groups in total. The van der Waals surface area contributed by atoms with Crippen molar-refractivity contribution in [3.05, 3.63) is 10.7 Å². The number of ether oxygens (including phenoxy) is 3. The predicted molar refractivity (Wildman–Crippen MR) is 172 cm³/mol. The number of benzene rings is 1. The van der Waals surface area contributed by atoms with Crippen LogP contribution in [0, 0.1) is 10.7 Å². The van der Waals surface area contributed by atoms with Crippen LogP contribution in [0.5, 0.6) is 0 Å². The van der Waals surface area contributed by atoms with E-state index in [4.69, 9.17) is 29.5 Å². The number of nitrogens with zero attached hydrogens (tertiary/aromatic N) is 3. The van der Waals surface area contributed by atoms with E-state index in [1.54, 1.807) is 0 Å². The Labute approximate surface area is 269 Å². The molecular weight excluding hydrogens is 855 g/mol. The maximum atomic E-state index is 12.9. The molecule has 0 saturated carbocycles. The maximum absolute atomic E-state index is 12.9. The lowest BCUT2D eigenvalue weighted by Gasteiger charge is -2.34. The fourth-order valence-corrected chi connectivity index (χ4v) is 8.50. The van der Waals surface area contributed by atoms with Gasteiger partial charge < -0.3 is 44.2 Å². The molecule has 0 heterocycles. The highest BCUT2D eigenvalue weighted by atomic mass is 127. The first-order valence-corrected chi connectivity index (χ1v) is 15.4. The molecule has 1 aromatic rings. The Morgan fingerprint density at radius 2 is 0.769 bits per heavy atom. The second-order valence-electron chi connectivity index (χ2n) is 8.01. The van der Waals surface area contributed by atoms with Crippen LogP contribution in [0.3, 0.4) is 0 Å². The molecule has 12 nitrogen and oxygen atoms in total. The first-order valence-electron chi connectivity index (χ1n) is 12.2. The number of aliphatic hydroxyl groups excluding tert-OH is 3. The Bertz CT molecular complexity index is 828. The van der Waals surface area contributed by atoms with E-state index < -0.39 is 0 Å². The Kier molecular flexibility index (Phi) is 18.4. The van der Waals surface area contributed by atoms with E-state index in [-0.39, 0.29) is 96.8 Å². The standard InChI is InChI=1S/C24H36I3N3O9/c1-16(34)28(4-10-37-13-7-31)22-19(25)23(29(17(2)35)5-11-38-14-8-32)21(27)24(20(22)26)30(18(3)36)6-12-39-15-9-33/h31-33H,4-15H2,1-3H3. The summed E-state index contributed by atoms with van der Waals surface area (Å²) in [5.41, 5.74) is 1.56. The summed E-state index contributed by atoms with van der Waals surface area (Å²) in [7, 11) is 0. The van der Waals surface area contributed by atoms with Crippen molar-refractivity contribution < 1.29 is 43.9 Å². The van der Waals surface area contributed by atoms with Crippen LogP contribution in [0.2, 0.25) is 0 Å². The van der Waals surface area contributed by atoms with Gasteiger partial charge in [0.25, 0.3) is 0 Å². The SMILES string of the molecule is CC(=O)N(CCOCCO)c1c(I)c(N(CCOCCO)C(C)=O)c(I)c(N(CCOCCO)C(C)=O)c1I. The van der Waals surface area contributed by atoms with E-state index >= 15 is 0 Å². The number of carbonyl (C=O) groups excluding carboxylic acids is 3. The van der Waals surface area contributed by atoms with Crippen LogP contribution in [-0.2, 0) is 28.6 Å². The van der Waals surface area contributed by atoms with Gasteiger partial charge in [-0.2, -0.15) is 0 Å². The van der Waals surface area contributed by atoms with Gasteiger partial charge in [0.1, 0.15) is 0 Å². The molecule has 3 amide bonds. The van der Waals surface area contributed by atoms with Crippen molar-refractivity contribution in [2.45, 2.75) is 20.8 Å². The molecular formula is C24H36I3N3O9. The molecule has 0 saturated heterocycles. The highest BCUT2D eigenvalue weighted by Crippen LogP contribution is 2.46. The minimum atomic E-state index is -0.266. The zero-order chi connectivity index (χ0) is 29.5. The smallest absolute Gasteiger partial charge is 0.224 e. The summed E-state index contributed by atoms with van der Waals surface area (Å²) in [5, 5.41) is 27.2. The minimum Gasteiger partial charge on any atom is -0.394 e. The molecule has 1 aromatic carbocycles. The molecule has 222 valence electrons. The fourth-order valence-electron chi connectivity index (χ4n) is 3.58. The van der Waals surface area contributed by atoms with Crippen molar-refractivity contribution in [3.63, 3.8) is 0 Å². The Morgan fingerprint density at radius 1 is 0.538 bits per heavy atom. The van der Waals surface area contributed by atoms with Gasteiger partial charge in [0.2, 0.25) is 17.7 Å². The third-order valence-corrected chi connectivity index (χ3v) is 8.35. The third-order valence-electron chi connectivity index (χ3n) is 5.28. The molecule has 0 fully saturated rings. The number of hydrogen-bond donors (Lipinski definition) is 3. The lowest BCUT2D eigenvalue weighted by atomic mass is 10.1. The lowest BCUT2D eigenvalue weighted by Crippen LogP contribution is -2.39. The maximum Gasteiger partial charge on any atom is 0.224 e. The van der Waals surface area contributed by atoms with Crippen LogP contribution < -0.4 is 14.7 Å². The number of aliphatic hydroxyl groups is 3. The predicted octanol–water partition coefficient (Wildman–Crippen LogP) is 1.59. The van der Waals surface area contributed by atoms with Gasteiger partial charge in [-0.25, -0.2) is 0 Å². The van der Waals surface area contributed by atoms with Crippen LogP contribution in [-0.4, -0.2) is 112 Å². The van der Waals surface area contributed by atoms with Crippen molar-refractivity contribution in [3.8, 4) is 0 Å². The summed E-state index contributed by atoms with van der Waals surface area (Å²) in [4.78, 5) is 43.2. The van der Waals surface area contributed by atoms with E-state index in [0.29, 0.717) is 27.8 Å². The monoisotopic (exact) mass is 891 g/mol. The normalized spacial score (nSPS) is 11.0. The first-order chi connectivity index (χ1) is 18.5. The number of rotatable bonds is 18. The summed E-state index contributed by atoms with van der Waals surface area (Å²) in [6, 6.07) is 0. The lowest BCUT2D eigenvalue weighted by molar-refractivity contribution is -0.117. The molecule has 0 aliphatic rings. The topological polar surface area (TPSA) is 149 Å². The molecule has 0 unspecified atom stereocenters. The van der Waals surface area contributed by atoms with E-state index in [2.05, 4.69) is 67.8 Å². The fraction of sp³-hybridized carbons (Fsp3) is 0.625. The first kappa shape index (κ1) is 36.6. The summed E-state index contributed by atoms with van der Waals surface area (Å²) >= 11 is 6.33. The zero-order valence-electron chi connectivity index (χ0n) is 22.3. The van der Waals surface area contributed by atoms with Crippen LogP contribution in [0.4, 0.5) is 17.1 Å². The zero-order valence-corrected chi connectivity index (χ0v) is 28.7. The van der Waals surface area contributed by atoms with E-state index in [1.165, 1.54) is 35.5 Å². The second-order valence-corrected chi connectivity index (χ2v) is 11.2. The van der Waals surface area contributed by atoms with Gasteiger partial charge in [0, 0.05) is 40.4 Å². The molecule has 0 radical (unpaired) electrons. The molecule has 0 aliphatic carbocycles. The van der Waals surface area contributed by atoms with Gasteiger partial charge in [0.15, 0.2) is 0 Å². The van der Waals surface area contributed by atoms with Crippen molar-refractivity contribution in [1.29, 1.82) is 0 Å². The highest BCUT2D eigenvalue weighted by molar-refractivity contribution is 14.1. The Balaban J connectivity index is 3.84. The van der Waals surface area contributed by atoms with Crippen LogP contribution >= 0.6 is 67.8 Å². The van der Waals surface area contributed by atoms with Gasteiger partial charge >= 0.3 is 0 Å². The van der Waals surface area contributed by atoms with Crippen molar-refractivity contribution >= 4 is 103 Å². The number of anilines is 3. The summed E-state index contributed by atoms with van der Waals surface area (Å²) in [6.45, 7) is 5.24. The number of hydrogen-bond acceptors (Lipinski definition) is 9. The molecule has 0 aromatic heterocycles. The molecule has 15 heteroatoms. The molecule has 0 bridgehead atoms. The summed E-state index contributed by atoms with van der Waals surface area (Å²) < 4.78 is 18.1. The van der Waals surface area contributed by atoms with Crippen LogP contribution in [0.15, 0.2) is 0 Å². The molecule has 0 spiro atoms. The van der Waals surface area contributed by atoms with Crippen molar-refractivity contribution in [2.75, 3.05) is 93.8 Å². The van der Waals surface area contributed by atoms with Gasteiger partial charge in [-0.1, -0.05) is 0 Å². The van der Waals surface area contributed by atoms with Gasteiger partial charge in [-0.15, -0.1) is 0 Å². The number of halogens is 3. The summed E-state index contributed by atoms with van der Waals surface area (Å²) in [5.74, 6) is -0.798. The van der Waals surface area contributed by atoms with E-state index in [0.717, 1.165) is 0 Å². The Morgan fingerprint density at radius 3 is 0.949 bits per heavy atom. The van der Waals surface area contributed by atoms with Crippen LogP contribution in [0.25, 0.3) is 0 Å². The van der Waals surface area contributed by atoms with Crippen molar-refractivity contribution in [1.82, 2.24) is 0 Å². The highest BCUT2D eigenvalue weighted by Gasteiger charge is 2.32. The molecule has 39 heavy (non-hydrogen) atoms. The molecule has 0 atom stereocenters. The van der Waals surface area contributed by atoms with Gasteiger partial charge in [-0.3, -0.25) is 14.4 Å². The number of amides is 3. The third kappa shape index (κ3) is 11.1. The second kappa shape index (κ2) is 19.7.